The molecular formula is C14H21BrN2. The molecule has 0 amide bonds. The highest BCUT2D eigenvalue weighted by Gasteiger charge is 2.32. The molecule has 0 saturated heterocycles. The van der Waals surface area contributed by atoms with Crippen LogP contribution in [0.2, 0.25) is 0 Å². The lowest BCUT2D eigenvalue weighted by atomic mass is 9.91. The Kier molecular flexibility index (Phi) is 4.57. The van der Waals surface area contributed by atoms with E-state index in [2.05, 4.69) is 52.2 Å². The van der Waals surface area contributed by atoms with Crippen molar-refractivity contribution in [3.8, 4) is 0 Å². The van der Waals surface area contributed by atoms with Crippen molar-refractivity contribution >= 4 is 15.9 Å². The average molecular weight is 297 g/mol. The van der Waals surface area contributed by atoms with Gasteiger partial charge in [-0.3, -0.25) is 4.98 Å². The van der Waals surface area contributed by atoms with Crippen LogP contribution in [0.4, 0.5) is 0 Å². The monoisotopic (exact) mass is 296 g/mol. The molecule has 2 nitrogen and oxygen atoms in total. The number of nitrogens with one attached hydrogen (secondary N) is 1. The smallest absolute Gasteiger partial charge is 0.0413 e. The highest BCUT2D eigenvalue weighted by Crippen LogP contribution is 2.33. The van der Waals surface area contributed by atoms with Crippen LogP contribution in [0.3, 0.4) is 0 Å². The normalized spacial score (nSPS) is 28.5. The second-order valence-corrected chi connectivity index (χ2v) is 5.95. The van der Waals surface area contributed by atoms with Crippen LogP contribution in [0.15, 0.2) is 22.8 Å². The van der Waals surface area contributed by atoms with Crippen molar-refractivity contribution in [2.45, 2.75) is 39.2 Å². The summed E-state index contributed by atoms with van der Waals surface area (Å²) in [7, 11) is 0. The van der Waals surface area contributed by atoms with E-state index in [1.165, 1.54) is 18.5 Å². The van der Waals surface area contributed by atoms with Gasteiger partial charge in [0, 0.05) is 22.4 Å². The third-order valence-corrected chi connectivity index (χ3v) is 4.42. The first kappa shape index (κ1) is 13.0. The number of hydrogen-bond donors (Lipinski definition) is 1. The average Bonchev–Trinajstić information content (AvgIpc) is 2.65. The van der Waals surface area contributed by atoms with Crippen molar-refractivity contribution in [1.82, 2.24) is 10.3 Å². The largest absolute Gasteiger partial charge is 0.314 e. The van der Waals surface area contributed by atoms with Crippen LogP contribution in [0, 0.1) is 11.8 Å². The Hall–Kier alpha value is -0.410. The van der Waals surface area contributed by atoms with Gasteiger partial charge >= 0.3 is 0 Å². The standard InChI is InChI=1S/C14H21BrN2/c1-3-16-14-7-4-11(10(14)2)8-13-6-5-12(15)9-17-13/h5-6,9-11,14,16H,3-4,7-8H2,1-2H3. The zero-order chi connectivity index (χ0) is 12.3. The molecule has 1 aliphatic rings. The van der Waals surface area contributed by atoms with Crippen molar-refractivity contribution < 1.29 is 0 Å². The lowest BCUT2D eigenvalue weighted by Gasteiger charge is -2.21. The fourth-order valence-electron chi connectivity index (χ4n) is 2.88. The Morgan fingerprint density at radius 3 is 2.88 bits per heavy atom. The van der Waals surface area contributed by atoms with Gasteiger partial charge in [0.2, 0.25) is 0 Å². The molecule has 0 radical (unpaired) electrons. The highest BCUT2D eigenvalue weighted by molar-refractivity contribution is 9.10. The van der Waals surface area contributed by atoms with Gasteiger partial charge in [-0.1, -0.05) is 13.8 Å². The Balaban J connectivity index is 1.94. The maximum absolute atomic E-state index is 4.48. The van der Waals surface area contributed by atoms with Crippen molar-refractivity contribution in [3.05, 3.63) is 28.5 Å². The van der Waals surface area contributed by atoms with Crippen LogP contribution >= 0.6 is 15.9 Å². The van der Waals surface area contributed by atoms with Crippen molar-refractivity contribution in [3.63, 3.8) is 0 Å². The summed E-state index contributed by atoms with van der Waals surface area (Å²) in [5.74, 6) is 1.55. The fraction of sp³-hybridized carbons (Fsp3) is 0.643. The molecule has 1 aromatic rings. The summed E-state index contributed by atoms with van der Waals surface area (Å²) in [6.45, 7) is 5.65. The maximum Gasteiger partial charge on any atom is 0.0413 e. The number of rotatable bonds is 4. The lowest BCUT2D eigenvalue weighted by molar-refractivity contribution is 0.353. The van der Waals surface area contributed by atoms with Crippen LogP contribution in [0.1, 0.15) is 32.4 Å². The molecule has 3 unspecified atom stereocenters. The van der Waals surface area contributed by atoms with E-state index in [0.717, 1.165) is 29.3 Å². The van der Waals surface area contributed by atoms with Gasteiger partial charge in [0.15, 0.2) is 0 Å². The molecular weight excluding hydrogens is 276 g/mol. The van der Waals surface area contributed by atoms with E-state index in [1.807, 2.05) is 6.20 Å². The molecule has 0 aliphatic heterocycles. The van der Waals surface area contributed by atoms with Crippen LogP contribution in [-0.4, -0.2) is 17.6 Å². The minimum absolute atomic E-state index is 0.709. The summed E-state index contributed by atoms with van der Waals surface area (Å²) >= 11 is 3.43. The van der Waals surface area contributed by atoms with Gasteiger partial charge in [-0.15, -0.1) is 0 Å². The Morgan fingerprint density at radius 1 is 1.41 bits per heavy atom. The molecule has 3 atom stereocenters. The van der Waals surface area contributed by atoms with Crippen molar-refractivity contribution in [2.75, 3.05) is 6.54 Å². The van der Waals surface area contributed by atoms with Crippen LogP contribution in [0.5, 0.6) is 0 Å². The lowest BCUT2D eigenvalue weighted by Crippen LogP contribution is -2.32. The van der Waals surface area contributed by atoms with E-state index in [-0.39, 0.29) is 0 Å². The van der Waals surface area contributed by atoms with E-state index in [1.54, 1.807) is 0 Å². The van der Waals surface area contributed by atoms with Crippen molar-refractivity contribution in [2.24, 2.45) is 11.8 Å². The fourth-order valence-corrected chi connectivity index (χ4v) is 3.12. The number of halogens is 1. The predicted molar refractivity (Wildman–Crippen MR) is 75.0 cm³/mol. The topological polar surface area (TPSA) is 24.9 Å². The maximum atomic E-state index is 4.48. The van der Waals surface area contributed by atoms with Gasteiger partial charge in [-0.05, 0) is 65.7 Å². The van der Waals surface area contributed by atoms with E-state index in [4.69, 9.17) is 0 Å². The van der Waals surface area contributed by atoms with Crippen LogP contribution < -0.4 is 5.32 Å². The zero-order valence-electron chi connectivity index (χ0n) is 10.6. The van der Waals surface area contributed by atoms with E-state index >= 15 is 0 Å². The predicted octanol–water partition coefficient (Wildman–Crippen LogP) is 3.41. The summed E-state index contributed by atoms with van der Waals surface area (Å²) < 4.78 is 1.06. The Bertz CT molecular complexity index is 350. The molecule has 0 aromatic carbocycles. The molecule has 17 heavy (non-hydrogen) atoms. The van der Waals surface area contributed by atoms with Crippen molar-refractivity contribution in [1.29, 1.82) is 0 Å². The van der Waals surface area contributed by atoms with E-state index in [9.17, 15) is 0 Å². The van der Waals surface area contributed by atoms with Gasteiger partial charge in [0.1, 0.15) is 0 Å². The molecule has 1 saturated carbocycles. The number of aromatic nitrogens is 1. The van der Waals surface area contributed by atoms with Gasteiger partial charge in [-0.2, -0.15) is 0 Å². The first-order valence-corrected chi connectivity index (χ1v) is 7.33. The van der Waals surface area contributed by atoms with E-state index < -0.39 is 0 Å². The summed E-state index contributed by atoms with van der Waals surface area (Å²) in [5.41, 5.74) is 1.22. The number of nitrogens with zero attached hydrogens (tertiary/aromatic N) is 1. The summed E-state index contributed by atoms with van der Waals surface area (Å²) in [5, 5.41) is 3.59. The van der Waals surface area contributed by atoms with Gasteiger partial charge in [0.05, 0.1) is 0 Å². The second kappa shape index (κ2) is 5.96. The second-order valence-electron chi connectivity index (χ2n) is 5.03. The first-order valence-electron chi connectivity index (χ1n) is 6.54. The highest BCUT2D eigenvalue weighted by atomic mass is 79.9. The first-order chi connectivity index (χ1) is 8.20. The zero-order valence-corrected chi connectivity index (χ0v) is 12.2. The molecule has 0 bridgehead atoms. The molecule has 1 fully saturated rings. The van der Waals surface area contributed by atoms with Gasteiger partial charge < -0.3 is 5.32 Å². The minimum Gasteiger partial charge on any atom is -0.314 e. The summed E-state index contributed by atoms with van der Waals surface area (Å²) in [6.07, 6.45) is 5.67. The van der Waals surface area contributed by atoms with Crippen LogP contribution in [-0.2, 0) is 6.42 Å². The molecule has 2 rings (SSSR count). The molecule has 3 heteroatoms. The number of hydrogen-bond acceptors (Lipinski definition) is 2. The summed E-state index contributed by atoms with van der Waals surface area (Å²) in [4.78, 5) is 4.48. The molecule has 1 heterocycles. The summed E-state index contributed by atoms with van der Waals surface area (Å²) in [6, 6.07) is 4.93. The Morgan fingerprint density at radius 2 is 2.24 bits per heavy atom. The molecule has 94 valence electrons. The van der Waals surface area contributed by atoms with Gasteiger partial charge in [-0.25, -0.2) is 0 Å². The van der Waals surface area contributed by atoms with Crippen LogP contribution in [0.25, 0.3) is 0 Å². The molecule has 1 aromatic heterocycles. The SMILES string of the molecule is CCNC1CCC(Cc2ccc(Br)cn2)C1C. The molecule has 1 N–H and O–H groups in total. The quantitative estimate of drug-likeness (QED) is 0.921. The third-order valence-electron chi connectivity index (χ3n) is 3.95. The third kappa shape index (κ3) is 3.29. The molecule has 1 aliphatic carbocycles. The van der Waals surface area contributed by atoms with Gasteiger partial charge in [0.25, 0.3) is 0 Å². The Labute approximate surface area is 112 Å². The van der Waals surface area contributed by atoms with E-state index in [0.29, 0.717) is 6.04 Å². The molecule has 0 spiro atoms. The minimum atomic E-state index is 0.709. The number of pyridine rings is 1.